The highest BCUT2D eigenvalue weighted by atomic mass is 16.5. The Morgan fingerprint density at radius 1 is 1.48 bits per heavy atom. The standard InChI is InChI=1S/C16H27N3O2/c1-3-14-8-13(20)9-16(21-14)4-6-19(7-5-16)10-15-12(2)17-11-18-15/h11,13-14,20H,3-10H2,1-2H3,(H,17,18)/t13-,14+/m1/s1. The zero-order valence-electron chi connectivity index (χ0n) is 13.1. The fourth-order valence-corrected chi connectivity index (χ4v) is 3.71. The SMILES string of the molecule is CC[C@H]1C[C@@H](O)CC2(CCN(Cc3nc[nH]c3C)CC2)O1. The molecule has 0 unspecified atom stereocenters. The lowest BCUT2D eigenvalue weighted by atomic mass is 9.81. The van der Waals surface area contributed by atoms with Crippen molar-refractivity contribution in [3.05, 3.63) is 17.7 Å². The maximum absolute atomic E-state index is 10.1. The van der Waals surface area contributed by atoms with E-state index in [1.807, 2.05) is 0 Å². The monoisotopic (exact) mass is 293 g/mol. The van der Waals surface area contributed by atoms with Gasteiger partial charge in [-0.15, -0.1) is 0 Å². The van der Waals surface area contributed by atoms with Crippen molar-refractivity contribution < 1.29 is 9.84 Å². The van der Waals surface area contributed by atoms with E-state index in [-0.39, 0.29) is 17.8 Å². The van der Waals surface area contributed by atoms with Crippen LogP contribution in [0.1, 0.15) is 50.4 Å². The van der Waals surface area contributed by atoms with Gasteiger partial charge in [0.25, 0.3) is 0 Å². The Hall–Kier alpha value is -0.910. The van der Waals surface area contributed by atoms with E-state index in [4.69, 9.17) is 4.74 Å². The minimum Gasteiger partial charge on any atom is -0.393 e. The molecule has 0 saturated carbocycles. The number of aryl methyl sites for hydroxylation is 1. The summed E-state index contributed by atoms with van der Waals surface area (Å²) >= 11 is 0. The molecule has 118 valence electrons. The first-order chi connectivity index (χ1) is 10.1. The van der Waals surface area contributed by atoms with Gasteiger partial charge in [-0.2, -0.15) is 0 Å². The molecular weight excluding hydrogens is 266 g/mol. The van der Waals surface area contributed by atoms with Crippen LogP contribution in [-0.2, 0) is 11.3 Å². The molecule has 5 nitrogen and oxygen atoms in total. The second kappa shape index (κ2) is 6.07. The molecule has 0 amide bonds. The fraction of sp³-hybridized carbons (Fsp3) is 0.812. The summed E-state index contributed by atoms with van der Waals surface area (Å²) in [6.45, 7) is 7.17. The maximum atomic E-state index is 10.1. The van der Waals surface area contributed by atoms with E-state index in [1.54, 1.807) is 6.33 Å². The van der Waals surface area contributed by atoms with Crippen LogP contribution in [0.15, 0.2) is 6.33 Å². The third-order valence-electron chi connectivity index (χ3n) is 5.09. The molecule has 5 heteroatoms. The van der Waals surface area contributed by atoms with Crippen LogP contribution in [0.2, 0.25) is 0 Å². The molecule has 2 N–H and O–H groups in total. The number of aliphatic hydroxyl groups is 1. The van der Waals surface area contributed by atoms with Crippen molar-refractivity contribution in [1.82, 2.24) is 14.9 Å². The van der Waals surface area contributed by atoms with Crippen molar-refractivity contribution in [3.8, 4) is 0 Å². The largest absolute Gasteiger partial charge is 0.393 e. The van der Waals surface area contributed by atoms with Gasteiger partial charge in [-0.05, 0) is 32.6 Å². The van der Waals surface area contributed by atoms with Crippen molar-refractivity contribution in [2.75, 3.05) is 13.1 Å². The van der Waals surface area contributed by atoms with Gasteiger partial charge in [0.1, 0.15) is 0 Å². The first kappa shape index (κ1) is 15.0. The van der Waals surface area contributed by atoms with E-state index >= 15 is 0 Å². The van der Waals surface area contributed by atoms with E-state index in [9.17, 15) is 5.11 Å². The predicted molar refractivity (Wildman–Crippen MR) is 81.0 cm³/mol. The number of hydrogen-bond donors (Lipinski definition) is 2. The summed E-state index contributed by atoms with van der Waals surface area (Å²) in [7, 11) is 0. The Morgan fingerprint density at radius 3 is 2.86 bits per heavy atom. The molecule has 2 aliphatic rings. The molecule has 0 bridgehead atoms. The van der Waals surface area contributed by atoms with E-state index in [2.05, 4.69) is 28.7 Å². The summed E-state index contributed by atoms with van der Waals surface area (Å²) in [5.74, 6) is 0. The van der Waals surface area contributed by atoms with Gasteiger partial charge in [0.05, 0.1) is 29.8 Å². The summed E-state index contributed by atoms with van der Waals surface area (Å²) in [4.78, 5) is 9.97. The average Bonchev–Trinajstić information content (AvgIpc) is 2.86. The lowest BCUT2D eigenvalue weighted by molar-refractivity contribution is -0.182. The van der Waals surface area contributed by atoms with Crippen LogP contribution >= 0.6 is 0 Å². The average molecular weight is 293 g/mol. The normalized spacial score (nSPS) is 29.9. The smallest absolute Gasteiger partial charge is 0.0925 e. The maximum Gasteiger partial charge on any atom is 0.0925 e. The number of likely N-dealkylation sites (tertiary alicyclic amines) is 1. The van der Waals surface area contributed by atoms with E-state index in [1.165, 1.54) is 0 Å². The number of rotatable bonds is 3. The Labute approximate surface area is 126 Å². The number of aliphatic hydroxyl groups excluding tert-OH is 1. The van der Waals surface area contributed by atoms with Crippen LogP contribution in [0.25, 0.3) is 0 Å². The molecule has 3 rings (SSSR count). The summed E-state index contributed by atoms with van der Waals surface area (Å²) in [5.41, 5.74) is 2.21. The molecule has 1 aromatic heterocycles. The first-order valence-electron chi connectivity index (χ1n) is 8.17. The summed E-state index contributed by atoms with van der Waals surface area (Å²) in [6, 6.07) is 0. The quantitative estimate of drug-likeness (QED) is 0.895. The van der Waals surface area contributed by atoms with E-state index in [0.717, 1.165) is 63.1 Å². The Kier molecular flexibility index (Phi) is 4.33. The second-order valence-corrected chi connectivity index (χ2v) is 6.68. The van der Waals surface area contributed by atoms with Crippen molar-refractivity contribution in [1.29, 1.82) is 0 Å². The highest BCUT2D eigenvalue weighted by Crippen LogP contribution is 2.38. The number of ether oxygens (including phenoxy) is 1. The number of nitrogens with one attached hydrogen (secondary N) is 1. The molecule has 0 radical (unpaired) electrons. The number of aromatic nitrogens is 2. The van der Waals surface area contributed by atoms with Crippen LogP contribution in [0, 0.1) is 6.92 Å². The molecule has 0 aromatic carbocycles. The van der Waals surface area contributed by atoms with Gasteiger partial charge in [-0.3, -0.25) is 4.90 Å². The van der Waals surface area contributed by atoms with Crippen molar-refractivity contribution in [2.45, 2.75) is 70.3 Å². The highest BCUT2D eigenvalue weighted by molar-refractivity contribution is 5.08. The van der Waals surface area contributed by atoms with E-state index in [0.29, 0.717) is 0 Å². The lowest BCUT2D eigenvalue weighted by Gasteiger charge is -2.47. The topological polar surface area (TPSA) is 61.4 Å². The van der Waals surface area contributed by atoms with Crippen molar-refractivity contribution in [3.63, 3.8) is 0 Å². The number of imidazole rings is 1. The molecule has 0 aliphatic carbocycles. The molecule has 2 aliphatic heterocycles. The second-order valence-electron chi connectivity index (χ2n) is 6.68. The summed E-state index contributed by atoms with van der Waals surface area (Å²) < 4.78 is 6.33. The molecule has 1 aromatic rings. The predicted octanol–water partition coefficient (Wildman–Crippen LogP) is 2.00. The Bertz CT molecular complexity index is 466. The number of hydrogen-bond acceptors (Lipinski definition) is 4. The molecule has 2 atom stereocenters. The van der Waals surface area contributed by atoms with Gasteiger partial charge in [0.15, 0.2) is 0 Å². The van der Waals surface area contributed by atoms with Gasteiger partial charge in [-0.1, -0.05) is 6.92 Å². The highest BCUT2D eigenvalue weighted by Gasteiger charge is 2.42. The Morgan fingerprint density at radius 2 is 2.24 bits per heavy atom. The molecule has 2 fully saturated rings. The molecule has 2 saturated heterocycles. The first-order valence-corrected chi connectivity index (χ1v) is 8.17. The third kappa shape index (κ3) is 3.30. The van der Waals surface area contributed by atoms with Crippen LogP contribution in [0.3, 0.4) is 0 Å². The molecular formula is C16H27N3O2. The summed E-state index contributed by atoms with van der Waals surface area (Å²) in [6.07, 6.45) is 6.44. The van der Waals surface area contributed by atoms with Gasteiger partial charge in [-0.25, -0.2) is 4.98 Å². The van der Waals surface area contributed by atoms with Crippen LogP contribution in [-0.4, -0.2) is 50.9 Å². The molecule has 3 heterocycles. The minimum atomic E-state index is -0.191. The fourth-order valence-electron chi connectivity index (χ4n) is 3.71. The number of piperidine rings is 1. The van der Waals surface area contributed by atoms with Gasteiger partial charge >= 0.3 is 0 Å². The minimum absolute atomic E-state index is 0.0878. The van der Waals surface area contributed by atoms with Crippen LogP contribution in [0.5, 0.6) is 0 Å². The van der Waals surface area contributed by atoms with Crippen LogP contribution in [0.4, 0.5) is 0 Å². The van der Waals surface area contributed by atoms with Gasteiger partial charge < -0.3 is 14.8 Å². The number of nitrogens with zero attached hydrogens (tertiary/aromatic N) is 2. The lowest BCUT2D eigenvalue weighted by Crippen LogP contribution is -2.52. The summed E-state index contributed by atoms with van der Waals surface area (Å²) in [5, 5.41) is 10.1. The van der Waals surface area contributed by atoms with Crippen LogP contribution < -0.4 is 0 Å². The van der Waals surface area contributed by atoms with Gasteiger partial charge in [0, 0.05) is 31.7 Å². The Balaban J connectivity index is 1.58. The van der Waals surface area contributed by atoms with E-state index < -0.39 is 0 Å². The number of H-pyrrole nitrogens is 1. The molecule has 1 spiro atoms. The number of aromatic amines is 1. The zero-order valence-corrected chi connectivity index (χ0v) is 13.1. The van der Waals surface area contributed by atoms with Gasteiger partial charge in [0.2, 0.25) is 0 Å². The third-order valence-corrected chi connectivity index (χ3v) is 5.09. The van der Waals surface area contributed by atoms with Crippen molar-refractivity contribution >= 4 is 0 Å². The molecule has 21 heavy (non-hydrogen) atoms. The zero-order chi connectivity index (χ0) is 14.9. The van der Waals surface area contributed by atoms with Crippen molar-refractivity contribution in [2.24, 2.45) is 0 Å².